The van der Waals surface area contributed by atoms with Gasteiger partial charge in [0.05, 0.1) is 24.8 Å². The molecule has 10 heteroatoms. The molecule has 2 aromatic carbocycles. The smallest absolute Gasteiger partial charge is 0.325 e. The topological polar surface area (TPSA) is 103 Å². The van der Waals surface area contributed by atoms with Crippen molar-refractivity contribution >= 4 is 41.0 Å². The molecule has 0 unspecified atom stereocenters. The number of amides is 2. The zero-order valence-electron chi connectivity index (χ0n) is 17.0. The summed E-state index contributed by atoms with van der Waals surface area (Å²) < 4.78 is 15.3. The summed E-state index contributed by atoms with van der Waals surface area (Å²) in [5.74, 6) is -0.554. The highest BCUT2D eigenvalue weighted by molar-refractivity contribution is 6.36. The minimum absolute atomic E-state index is 0.159. The number of methoxy groups -OCH3 is 2. The average molecular weight is 469 g/mol. The molecule has 2 aromatic rings. The van der Waals surface area contributed by atoms with E-state index in [4.69, 9.17) is 37.4 Å². The van der Waals surface area contributed by atoms with Gasteiger partial charge in [-0.15, -0.1) is 0 Å². The van der Waals surface area contributed by atoms with Crippen molar-refractivity contribution in [2.24, 2.45) is 0 Å². The van der Waals surface area contributed by atoms with Crippen molar-refractivity contribution in [1.82, 2.24) is 10.6 Å². The molecule has 0 aliphatic carbocycles. The molecule has 31 heavy (non-hydrogen) atoms. The Kier molecular flexibility index (Phi) is 9.42. The number of esters is 1. The third-order valence-electron chi connectivity index (χ3n) is 4.12. The lowest BCUT2D eigenvalue weighted by Gasteiger charge is -2.10. The van der Waals surface area contributed by atoms with Crippen molar-refractivity contribution in [2.45, 2.75) is 6.42 Å². The molecule has 0 aromatic heterocycles. The molecule has 0 saturated heterocycles. The number of ether oxygens (including phenoxy) is 3. The summed E-state index contributed by atoms with van der Waals surface area (Å²) in [6.07, 6.45) is 0.554. The minimum Gasteiger partial charge on any atom is -0.493 e. The van der Waals surface area contributed by atoms with Crippen LogP contribution in [0.5, 0.6) is 11.5 Å². The first-order chi connectivity index (χ1) is 14.8. The van der Waals surface area contributed by atoms with Gasteiger partial charge in [-0.1, -0.05) is 29.3 Å². The first kappa shape index (κ1) is 24.3. The van der Waals surface area contributed by atoms with E-state index in [0.29, 0.717) is 29.5 Å². The van der Waals surface area contributed by atoms with E-state index in [9.17, 15) is 14.4 Å². The van der Waals surface area contributed by atoms with Gasteiger partial charge in [-0.25, -0.2) is 0 Å². The Bertz CT molecular complexity index is 951. The molecular formula is C21H22Cl2N2O6. The van der Waals surface area contributed by atoms with Crippen LogP contribution in [0.4, 0.5) is 0 Å². The van der Waals surface area contributed by atoms with Crippen LogP contribution in [0.25, 0.3) is 0 Å². The van der Waals surface area contributed by atoms with Crippen molar-refractivity contribution in [3.8, 4) is 11.5 Å². The number of benzene rings is 2. The van der Waals surface area contributed by atoms with Crippen LogP contribution in [0.1, 0.15) is 15.9 Å². The van der Waals surface area contributed by atoms with Crippen molar-refractivity contribution in [2.75, 3.05) is 33.9 Å². The molecule has 0 radical (unpaired) electrons. The van der Waals surface area contributed by atoms with Crippen molar-refractivity contribution in [1.29, 1.82) is 0 Å². The quantitative estimate of drug-likeness (QED) is 0.519. The van der Waals surface area contributed by atoms with Crippen LogP contribution in [-0.2, 0) is 20.7 Å². The highest BCUT2D eigenvalue weighted by Crippen LogP contribution is 2.27. The number of rotatable bonds is 10. The number of hydrogen-bond donors (Lipinski definition) is 2. The molecule has 2 amide bonds. The van der Waals surface area contributed by atoms with E-state index in [-0.39, 0.29) is 10.6 Å². The summed E-state index contributed by atoms with van der Waals surface area (Å²) in [7, 11) is 3.10. The molecule has 0 saturated carbocycles. The van der Waals surface area contributed by atoms with Crippen LogP contribution < -0.4 is 20.1 Å². The van der Waals surface area contributed by atoms with Gasteiger partial charge in [0.15, 0.2) is 18.1 Å². The zero-order chi connectivity index (χ0) is 22.8. The Hall–Kier alpha value is -2.97. The normalized spacial score (nSPS) is 10.2. The maximum absolute atomic E-state index is 12.0. The van der Waals surface area contributed by atoms with E-state index in [2.05, 4.69) is 10.6 Å². The zero-order valence-corrected chi connectivity index (χ0v) is 18.5. The fourth-order valence-electron chi connectivity index (χ4n) is 2.55. The molecule has 166 valence electrons. The Morgan fingerprint density at radius 2 is 1.68 bits per heavy atom. The maximum Gasteiger partial charge on any atom is 0.325 e. The Morgan fingerprint density at radius 3 is 2.35 bits per heavy atom. The third-order valence-corrected chi connectivity index (χ3v) is 4.66. The predicted molar refractivity (Wildman–Crippen MR) is 116 cm³/mol. The predicted octanol–water partition coefficient (Wildman–Crippen LogP) is 2.64. The summed E-state index contributed by atoms with van der Waals surface area (Å²) in [4.78, 5) is 35.6. The van der Waals surface area contributed by atoms with Crippen LogP contribution in [0.15, 0.2) is 36.4 Å². The average Bonchev–Trinajstić information content (AvgIpc) is 2.75. The lowest BCUT2D eigenvalue weighted by atomic mass is 10.1. The van der Waals surface area contributed by atoms with Crippen LogP contribution >= 0.6 is 23.2 Å². The van der Waals surface area contributed by atoms with E-state index in [0.717, 1.165) is 5.56 Å². The monoisotopic (exact) mass is 468 g/mol. The molecule has 0 aliphatic heterocycles. The molecular weight excluding hydrogens is 447 g/mol. The van der Waals surface area contributed by atoms with Gasteiger partial charge in [-0.3, -0.25) is 14.4 Å². The van der Waals surface area contributed by atoms with Crippen LogP contribution in [0.2, 0.25) is 10.0 Å². The first-order valence-corrected chi connectivity index (χ1v) is 9.96. The van der Waals surface area contributed by atoms with Gasteiger partial charge in [-0.2, -0.15) is 0 Å². The standard InChI is InChI=1S/C21H22Cl2N2O6/c1-29-17-6-3-13(9-18(17)30-2)7-8-24-19(26)12-31-20(27)11-25-21(28)15-5-4-14(22)10-16(15)23/h3-6,9-10H,7-8,11-12H2,1-2H3,(H,24,26)(H,25,28). The van der Waals surface area contributed by atoms with Gasteiger partial charge in [0.2, 0.25) is 0 Å². The number of halogens is 2. The van der Waals surface area contributed by atoms with Crippen molar-refractivity contribution in [3.05, 3.63) is 57.6 Å². The van der Waals surface area contributed by atoms with Crippen molar-refractivity contribution in [3.63, 3.8) is 0 Å². The highest BCUT2D eigenvalue weighted by Gasteiger charge is 2.13. The van der Waals surface area contributed by atoms with E-state index < -0.39 is 30.9 Å². The molecule has 2 N–H and O–H groups in total. The number of carbonyl (C=O) groups is 3. The Balaban J connectivity index is 1.69. The summed E-state index contributed by atoms with van der Waals surface area (Å²) in [5, 5.41) is 5.57. The summed E-state index contributed by atoms with van der Waals surface area (Å²) in [6.45, 7) is -0.517. The molecule has 0 fully saturated rings. The van der Waals surface area contributed by atoms with Gasteiger partial charge >= 0.3 is 5.97 Å². The van der Waals surface area contributed by atoms with Crippen molar-refractivity contribution < 1.29 is 28.6 Å². The van der Waals surface area contributed by atoms with Gasteiger partial charge in [-0.05, 0) is 42.3 Å². The van der Waals surface area contributed by atoms with Gasteiger partial charge in [0.1, 0.15) is 6.54 Å². The molecule has 2 rings (SSSR count). The van der Waals surface area contributed by atoms with Crippen LogP contribution in [-0.4, -0.2) is 51.7 Å². The van der Waals surface area contributed by atoms with E-state index in [1.807, 2.05) is 12.1 Å². The Morgan fingerprint density at radius 1 is 0.935 bits per heavy atom. The summed E-state index contributed by atoms with van der Waals surface area (Å²) in [5.41, 5.74) is 1.12. The van der Waals surface area contributed by atoms with E-state index in [1.165, 1.54) is 18.2 Å². The number of nitrogens with one attached hydrogen (secondary N) is 2. The minimum atomic E-state index is -0.756. The lowest BCUT2D eigenvalue weighted by molar-refractivity contribution is -0.147. The second-order valence-electron chi connectivity index (χ2n) is 6.26. The van der Waals surface area contributed by atoms with Gasteiger partial charge in [0, 0.05) is 11.6 Å². The fourth-order valence-corrected chi connectivity index (χ4v) is 3.05. The number of hydrogen-bond acceptors (Lipinski definition) is 6. The fraction of sp³-hybridized carbons (Fsp3) is 0.286. The highest BCUT2D eigenvalue weighted by atomic mass is 35.5. The molecule has 0 bridgehead atoms. The number of carbonyl (C=O) groups excluding carboxylic acids is 3. The van der Waals surface area contributed by atoms with Gasteiger partial charge < -0.3 is 24.8 Å². The molecule has 0 heterocycles. The van der Waals surface area contributed by atoms with Crippen LogP contribution in [0.3, 0.4) is 0 Å². The largest absolute Gasteiger partial charge is 0.493 e. The third kappa shape index (κ3) is 7.66. The first-order valence-electron chi connectivity index (χ1n) is 9.20. The molecule has 0 aliphatic rings. The SMILES string of the molecule is COc1ccc(CCNC(=O)COC(=O)CNC(=O)c2ccc(Cl)cc2Cl)cc1OC. The van der Waals surface area contributed by atoms with Gasteiger partial charge in [0.25, 0.3) is 11.8 Å². The second-order valence-corrected chi connectivity index (χ2v) is 7.10. The summed E-state index contributed by atoms with van der Waals surface area (Å²) >= 11 is 11.7. The molecule has 8 nitrogen and oxygen atoms in total. The molecule has 0 atom stereocenters. The van der Waals surface area contributed by atoms with Crippen LogP contribution in [0, 0.1) is 0 Å². The lowest BCUT2D eigenvalue weighted by Crippen LogP contribution is -2.34. The maximum atomic E-state index is 12.0. The summed E-state index contributed by atoms with van der Waals surface area (Å²) in [6, 6.07) is 9.83. The Labute approximate surface area is 189 Å². The van der Waals surface area contributed by atoms with E-state index in [1.54, 1.807) is 20.3 Å². The second kappa shape index (κ2) is 12.0. The van der Waals surface area contributed by atoms with E-state index >= 15 is 0 Å². The molecule has 0 spiro atoms.